The summed E-state index contributed by atoms with van der Waals surface area (Å²) in [4.78, 5) is 21.7. The fourth-order valence-corrected chi connectivity index (χ4v) is 1.40. The zero-order valence-electron chi connectivity index (χ0n) is 8.39. The molecule has 5 heteroatoms. The van der Waals surface area contributed by atoms with Gasteiger partial charge in [-0.2, -0.15) is 0 Å². The third-order valence-corrected chi connectivity index (χ3v) is 2.03. The Morgan fingerprint density at radius 3 is 2.75 bits per heavy atom. The Bertz CT molecular complexity index is 567. The van der Waals surface area contributed by atoms with Crippen LogP contribution in [0.15, 0.2) is 28.9 Å². The summed E-state index contributed by atoms with van der Waals surface area (Å²) in [6.45, 7) is 1.25. The van der Waals surface area contributed by atoms with Crippen molar-refractivity contribution in [2.45, 2.75) is 6.92 Å². The van der Waals surface area contributed by atoms with Crippen LogP contribution in [0.1, 0.15) is 17.3 Å². The highest BCUT2D eigenvalue weighted by atomic mass is 16.5. The number of carboxylic acid groups (broad SMARTS) is 1. The summed E-state index contributed by atoms with van der Waals surface area (Å²) in [7, 11) is 0. The first-order chi connectivity index (χ1) is 7.58. The minimum absolute atomic E-state index is 0.0127. The van der Waals surface area contributed by atoms with E-state index in [9.17, 15) is 9.59 Å². The molecule has 0 saturated carbocycles. The van der Waals surface area contributed by atoms with Gasteiger partial charge in [0.2, 0.25) is 0 Å². The molecule has 0 radical (unpaired) electrons. The van der Waals surface area contributed by atoms with Crippen LogP contribution in [-0.4, -0.2) is 17.0 Å². The SMILES string of the molecule is CC(=O)Oc1cc(C(=O)O)cc2occc12. The Balaban J connectivity index is 2.63. The van der Waals surface area contributed by atoms with Crippen LogP contribution in [0.2, 0.25) is 0 Å². The molecular formula is C11H8O5. The molecule has 0 atom stereocenters. The van der Waals surface area contributed by atoms with Crippen LogP contribution in [0.25, 0.3) is 11.0 Å². The van der Waals surface area contributed by atoms with E-state index in [0.717, 1.165) is 0 Å². The summed E-state index contributed by atoms with van der Waals surface area (Å²) >= 11 is 0. The number of fused-ring (bicyclic) bond motifs is 1. The van der Waals surface area contributed by atoms with E-state index in [0.29, 0.717) is 11.0 Å². The molecule has 1 aromatic heterocycles. The largest absolute Gasteiger partial charge is 0.478 e. The number of rotatable bonds is 2. The second kappa shape index (κ2) is 3.69. The van der Waals surface area contributed by atoms with E-state index in [-0.39, 0.29) is 11.3 Å². The lowest BCUT2D eigenvalue weighted by atomic mass is 10.1. The van der Waals surface area contributed by atoms with E-state index in [1.54, 1.807) is 6.07 Å². The molecule has 0 fully saturated rings. The quantitative estimate of drug-likeness (QED) is 0.619. The minimum atomic E-state index is -1.10. The molecule has 0 amide bonds. The summed E-state index contributed by atoms with van der Waals surface area (Å²) in [5.41, 5.74) is 0.384. The summed E-state index contributed by atoms with van der Waals surface area (Å²) < 4.78 is 9.99. The molecule has 0 bridgehead atoms. The highest BCUT2D eigenvalue weighted by Crippen LogP contribution is 2.28. The number of carbonyl (C=O) groups excluding carboxylic acids is 1. The molecule has 5 nitrogen and oxygen atoms in total. The molecule has 0 aliphatic rings. The van der Waals surface area contributed by atoms with Crippen molar-refractivity contribution in [1.29, 1.82) is 0 Å². The van der Waals surface area contributed by atoms with Crippen molar-refractivity contribution in [3.63, 3.8) is 0 Å². The maximum atomic E-state index is 10.9. The lowest BCUT2D eigenvalue weighted by molar-refractivity contribution is -0.131. The molecule has 0 unspecified atom stereocenters. The normalized spacial score (nSPS) is 10.3. The number of benzene rings is 1. The van der Waals surface area contributed by atoms with Crippen LogP contribution in [0.5, 0.6) is 5.75 Å². The van der Waals surface area contributed by atoms with E-state index in [2.05, 4.69) is 0 Å². The zero-order valence-corrected chi connectivity index (χ0v) is 8.39. The smallest absolute Gasteiger partial charge is 0.335 e. The standard InChI is InChI=1S/C11H8O5/c1-6(12)16-10-5-7(11(13)14)4-9-8(10)2-3-15-9/h2-5H,1H3,(H,13,14). The molecule has 2 aromatic rings. The van der Waals surface area contributed by atoms with Crippen LogP contribution in [0.3, 0.4) is 0 Å². The lowest BCUT2D eigenvalue weighted by Crippen LogP contribution is -2.03. The van der Waals surface area contributed by atoms with Gasteiger partial charge in [0.1, 0.15) is 11.3 Å². The highest BCUT2D eigenvalue weighted by Gasteiger charge is 2.13. The molecule has 1 aromatic carbocycles. The van der Waals surface area contributed by atoms with Gasteiger partial charge in [-0.25, -0.2) is 4.79 Å². The summed E-state index contributed by atoms with van der Waals surface area (Å²) in [5, 5.41) is 9.43. The Hall–Kier alpha value is -2.30. The van der Waals surface area contributed by atoms with E-state index < -0.39 is 11.9 Å². The number of carbonyl (C=O) groups is 2. The van der Waals surface area contributed by atoms with Crippen molar-refractivity contribution >= 4 is 22.9 Å². The van der Waals surface area contributed by atoms with E-state index in [4.69, 9.17) is 14.3 Å². The number of aromatic carboxylic acids is 1. The number of furan rings is 1. The van der Waals surface area contributed by atoms with Crippen LogP contribution in [-0.2, 0) is 4.79 Å². The number of hydrogen-bond donors (Lipinski definition) is 1. The molecular weight excluding hydrogens is 212 g/mol. The van der Waals surface area contributed by atoms with E-state index in [1.165, 1.54) is 25.3 Å². The van der Waals surface area contributed by atoms with Crippen LogP contribution in [0, 0.1) is 0 Å². The number of esters is 1. The molecule has 2 rings (SSSR count). The second-order valence-corrected chi connectivity index (χ2v) is 3.21. The first-order valence-electron chi connectivity index (χ1n) is 4.51. The van der Waals surface area contributed by atoms with Gasteiger partial charge in [-0.1, -0.05) is 0 Å². The average Bonchev–Trinajstić information content (AvgIpc) is 2.64. The Labute approximate surface area is 90.2 Å². The van der Waals surface area contributed by atoms with Crippen molar-refractivity contribution in [3.05, 3.63) is 30.0 Å². The van der Waals surface area contributed by atoms with Crippen molar-refractivity contribution in [1.82, 2.24) is 0 Å². The minimum Gasteiger partial charge on any atom is -0.478 e. The molecule has 0 saturated heterocycles. The van der Waals surface area contributed by atoms with Crippen LogP contribution >= 0.6 is 0 Å². The van der Waals surface area contributed by atoms with Crippen LogP contribution < -0.4 is 4.74 Å². The van der Waals surface area contributed by atoms with Gasteiger partial charge in [0, 0.05) is 6.92 Å². The molecule has 0 aliphatic heterocycles. The molecule has 1 N–H and O–H groups in total. The molecule has 0 spiro atoms. The summed E-state index contributed by atoms with van der Waals surface area (Å²) in [6, 6.07) is 4.28. The van der Waals surface area contributed by atoms with Crippen molar-refractivity contribution in [2.75, 3.05) is 0 Å². The Morgan fingerprint density at radius 2 is 2.12 bits per heavy atom. The Morgan fingerprint density at radius 1 is 1.38 bits per heavy atom. The lowest BCUT2D eigenvalue weighted by Gasteiger charge is -2.03. The molecule has 82 valence electrons. The first kappa shape index (κ1) is 10.2. The summed E-state index contributed by atoms with van der Waals surface area (Å²) in [5.74, 6) is -1.42. The Kier molecular flexibility index (Phi) is 2.36. The maximum absolute atomic E-state index is 10.9. The molecule has 1 heterocycles. The van der Waals surface area contributed by atoms with Gasteiger partial charge in [-0.05, 0) is 18.2 Å². The topological polar surface area (TPSA) is 76.7 Å². The third-order valence-electron chi connectivity index (χ3n) is 2.03. The monoisotopic (exact) mass is 220 g/mol. The maximum Gasteiger partial charge on any atom is 0.335 e. The van der Waals surface area contributed by atoms with Gasteiger partial charge in [0.05, 0.1) is 17.2 Å². The summed E-state index contributed by atoms with van der Waals surface area (Å²) in [6.07, 6.45) is 1.41. The zero-order chi connectivity index (χ0) is 11.7. The van der Waals surface area contributed by atoms with Gasteiger partial charge in [-0.15, -0.1) is 0 Å². The van der Waals surface area contributed by atoms with Gasteiger partial charge >= 0.3 is 11.9 Å². The van der Waals surface area contributed by atoms with Crippen molar-refractivity contribution in [3.8, 4) is 5.75 Å². The first-order valence-corrected chi connectivity index (χ1v) is 4.51. The molecule has 0 aliphatic carbocycles. The van der Waals surface area contributed by atoms with Gasteiger partial charge in [0.25, 0.3) is 0 Å². The number of hydrogen-bond acceptors (Lipinski definition) is 4. The predicted molar refractivity (Wildman–Crippen MR) is 54.5 cm³/mol. The fraction of sp³-hybridized carbons (Fsp3) is 0.0909. The predicted octanol–water partition coefficient (Wildman–Crippen LogP) is 2.06. The highest BCUT2D eigenvalue weighted by molar-refractivity contribution is 5.96. The van der Waals surface area contributed by atoms with E-state index >= 15 is 0 Å². The second-order valence-electron chi connectivity index (χ2n) is 3.21. The molecule has 16 heavy (non-hydrogen) atoms. The number of ether oxygens (including phenoxy) is 1. The van der Waals surface area contributed by atoms with Crippen molar-refractivity contribution < 1.29 is 23.8 Å². The van der Waals surface area contributed by atoms with E-state index in [1.807, 2.05) is 0 Å². The van der Waals surface area contributed by atoms with Crippen molar-refractivity contribution in [2.24, 2.45) is 0 Å². The van der Waals surface area contributed by atoms with Gasteiger partial charge in [-0.3, -0.25) is 4.79 Å². The van der Waals surface area contributed by atoms with Crippen LogP contribution in [0.4, 0.5) is 0 Å². The fourth-order valence-electron chi connectivity index (χ4n) is 1.40. The average molecular weight is 220 g/mol. The van der Waals surface area contributed by atoms with Gasteiger partial charge in [0.15, 0.2) is 0 Å². The van der Waals surface area contributed by atoms with Gasteiger partial charge < -0.3 is 14.3 Å². The number of carboxylic acids is 1. The third kappa shape index (κ3) is 1.75.